The van der Waals surface area contributed by atoms with Crippen molar-refractivity contribution in [3.05, 3.63) is 205 Å². The molecule has 0 amide bonds. The summed E-state index contributed by atoms with van der Waals surface area (Å²) in [7, 11) is 0. The third-order valence-electron chi connectivity index (χ3n) is 14.1. The molecule has 64 heavy (non-hydrogen) atoms. The highest BCUT2D eigenvalue weighted by Crippen LogP contribution is 2.49. The van der Waals surface area contributed by atoms with Crippen molar-refractivity contribution in [2.45, 2.75) is 76.5 Å². The van der Waals surface area contributed by atoms with E-state index in [0.717, 1.165) is 87.0 Å². The van der Waals surface area contributed by atoms with Gasteiger partial charge in [-0.1, -0.05) is 168 Å². The lowest BCUT2D eigenvalue weighted by molar-refractivity contribution is 0.223. The molecule has 1 saturated carbocycles. The molecule has 0 spiro atoms. The molecule has 1 aliphatic rings. The first-order valence-corrected chi connectivity index (χ1v) is 22.7. The molecule has 4 nitrogen and oxygen atoms in total. The lowest BCUT2D eigenvalue weighted by Crippen LogP contribution is -2.36. The first-order chi connectivity index (χ1) is 31.0. The predicted molar refractivity (Wildman–Crippen MR) is 266 cm³/mol. The average molecular weight is 834 g/mol. The van der Waals surface area contributed by atoms with Crippen molar-refractivity contribution in [2.24, 2.45) is 0 Å². The van der Waals surface area contributed by atoms with Crippen LogP contribution in [-0.2, 0) is 16.2 Å². The van der Waals surface area contributed by atoms with E-state index in [1.165, 1.54) is 16.7 Å². The molecular formula is C60H55N3O. The maximum absolute atomic E-state index is 12.2. The Hall–Kier alpha value is -7.04. The van der Waals surface area contributed by atoms with E-state index < -0.39 is 0 Å². The largest absolute Gasteiger partial charge is 0.507 e. The van der Waals surface area contributed by atoms with E-state index in [1.54, 1.807) is 0 Å². The van der Waals surface area contributed by atoms with Crippen molar-refractivity contribution in [1.29, 1.82) is 0 Å². The number of fused-ring (bicyclic) bond motifs is 1. The van der Waals surface area contributed by atoms with Crippen LogP contribution < -0.4 is 0 Å². The van der Waals surface area contributed by atoms with Gasteiger partial charge in [0.15, 0.2) is 0 Å². The van der Waals surface area contributed by atoms with Gasteiger partial charge < -0.3 is 5.11 Å². The molecule has 1 fully saturated rings. The molecule has 4 heteroatoms. The summed E-state index contributed by atoms with van der Waals surface area (Å²) in [6, 6.07) is 64.4. The Morgan fingerprint density at radius 3 is 1.72 bits per heavy atom. The molecule has 1 aliphatic carbocycles. The van der Waals surface area contributed by atoms with Gasteiger partial charge in [-0.15, -0.1) is 0 Å². The SMILES string of the molecule is CC(C)(C)c1cc(-c2cc(-c3ccccc3)ccn2)cc(-c2cccc3c2nc(-c2cccc(-c4ccccc4)c2O)n3-c2ccc(C3(C)CCC(C)(c4ccccc4)CC3)cc2)c1. The number of phenolic OH excluding ortho intramolecular Hbond substituents is 1. The molecule has 0 saturated heterocycles. The van der Waals surface area contributed by atoms with Gasteiger partial charge in [-0.05, 0) is 129 Å². The fourth-order valence-electron chi connectivity index (χ4n) is 9.90. The van der Waals surface area contributed by atoms with E-state index >= 15 is 0 Å². The topological polar surface area (TPSA) is 50.9 Å². The smallest absolute Gasteiger partial charge is 0.149 e. The van der Waals surface area contributed by atoms with Crippen molar-refractivity contribution in [3.8, 4) is 67.5 Å². The summed E-state index contributed by atoms with van der Waals surface area (Å²) >= 11 is 0. The number of pyridine rings is 1. The van der Waals surface area contributed by atoms with Gasteiger partial charge in [0.25, 0.3) is 0 Å². The molecule has 316 valence electrons. The van der Waals surface area contributed by atoms with Crippen LogP contribution in [-0.4, -0.2) is 19.6 Å². The van der Waals surface area contributed by atoms with Gasteiger partial charge in [0, 0.05) is 28.6 Å². The zero-order chi connectivity index (χ0) is 44.1. The lowest BCUT2D eigenvalue weighted by atomic mass is 9.61. The van der Waals surface area contributed by atoms with Crippen molar-refractivity contribution < 1.29 is 5.11 Å². The number of imidazole rings is 1. The molecule has 2 heterocycles. The predicted octanol–water partition coefficient (Wildman–Crippen LogP) is 15.5. The van der Waals surface area contributed by atoms with Gasteiger partial charge >= 0.3 is 0 Å². The number of benzene rings is 7. The summed E-state index contributed by atoms with van der Waals surface area (Å²) in [6.07, 6.45) is 6.47. The molecule has 7 aromatic carbocycles. The molecule has 10 rings (SSSR count). The summed E-state index contributed by atoms with van der Waals surface area (Å²) in [5.74, 6) is 0.901. The molecule has 2 aromatic heterocycles. The van der Waals surface area contributed by atoms with E-state index in [4.69, 9.17) is 9.97 Å². The van der Waals surface area contributed by atoms with Crippen LogP contribution in [0.2, 0.25) is 0 Å². The molecule has 1 N–H and O–H groups in total. The summed E-state index contributed by atoms with van der Waals surface area (Å²) in [4.78, 5) is 10.5. The van der Waals surface area contributed by atoms with E-state index in [0.29, 0.717) is 11.4 Å². The van der Waals surface area contributed by atoms with Crippen LogP contribution in [0.5, 0.6) is 5.75 Å². The molecule has 9 aromatic rings. The minimum atomic E-state index is -0.124. The first-order valence-electron chi connectivity index (χ1n) is 22.7. The highest BCUT2D eigenvalue weighted by atomic mass is 16.3. The number of hydrogen-bond acceptors (Lipinski definition) is 3. The Morgan fingerprint density at radius 2 is 1.06 bits per heavy atom. The van der Waals surface area contributed by atoms with Crippen molar-refractivity contribution >= 4 is 11.0 Å². The van der Waals surface area contributed by atoms with Crippen molar-refractivity contribution in [1.82, 2.24) is 14.5 Å². The Balaban J connectivity index is 1.11. The van der Waals surface area contributed by atoms with Crippen LogP contribution in [0.25, 0.3) is 72.7 Å². The average Bonchev–Trinajstić information content (AvgIpc) is 3.73. The maximum atomic E-state index is 12.2. The molecule has 0 unspecified atom stereocenters. The number of phenols is 1. The minimum Gasteiger partial charge on any atom is -0.507 e. The number of para-hydroxylation sites is 2. The standard InChI is InChI=1S/C60H55N3O/c1-58(2,3)48-38-44(37-45(39-48)53-40-43(31-36-61-53)41-17-9-6-10-18-41)50-23-16-26-54-55(50)62-57(52-25-15-24-51(56(52)64)42-19-11-7-12-20-42)63(54)49-29-27-47(28-30-49)60(5)34-32-59(4,33-35-60)46-21-13-8-14-22-46/h6-31,36-40,64H,32-35H2,1-5H3. The second-order valence-corrected chi connectivity index (χ2v) is 19.4. The highest BCUT2D eigenvalue weighted by Gasteiger charge is 2.39. The molecule has 0 radical (unpaired) electrons. The van der Waals surface area contributed by atoms with Gasteiger partial charge in [0.05, 0.1) is 22.3 Å². The fraction of sp³-hybridized carbons (Fsp3) is 0.200. The second kappa shape index (κ2) is 16.3. The Morgan fingerprint density at radius 1 is 0.500 bits per heavy atom. The van der Waals surface area contributed by atoms with Crippen LogP contribution in [0.4, 0.5) is 0 Å². The van der Waals surface area contributed by atoms with E-state index in [9.17, 15) is 5.11 Å². The number of aromatic hydroxyl groups is 1. The van der Waals surface area contributed by atoms with Crippen molar-refractivity contribution in [3.63, 3.8) is 0 Å². The minimum absolute atomic E-state index is 0.0767. The van der Waals surface area contributed by atoms with E-state index in [2.05, 4.69) is 167 Å². The maximum Gasteiger partial charge on any atom is 0.149 e. The third kappa shape index (κ3) is 7.62. The molecule has 0 atom stereocenters. The van der Waals surface area contributed by atoms with Gasteiger partial charge in [-0.25, -0.2) is 4.98 Å². The number of hydrogen-bond donors (Lipinski definition) is 1. The van der Waals surface area contributed by atoms with Gasteiger partial charge in [-0.3, -0.25) is 9.55 Å². The van der Waals surface area contributed by atoms with Crippen molar-refractivity contribution in [2.75, 3.05) is 0 Å². The van der Waals surface area contributed by atoms with Crippen LogP contribution in [0.3, 0.4) is 0 Å². The number of nitrogens with zero attached hydrogens (tertiary/aromatic N) is 3. The van der Waals surface area contributed by atoms with Crippen LogP contribution >= 0.6 is 0 Å². The summed E-state index contributed by atoms with van der Waals surface area (Å²) < 4.78 is 2.24. The van der Waals surface area contributed by atoms with Crippen LogP contribution in [0.15, 0.2) is 188 Å². The Bertz CT molecular complexity index is 3100. The zero-order valence-electron chi connectivity index (χ0n) is 37.5. The molecule has 0 aliphatic heterocycles. The number of aromatic nitrogens is 3. The Kier molecular flexibility index (Phi) is 10.4. The quantitative estimate of drug-likeness (QED) is 0.166. The van der Waals surface area contributed by atoms with E-state index in [-0.39, 0.29) is 22.0 Å². The zero-order valence-corrected chi connectivity index (χ0v) is 37.5. The molecular weight excluding hydrogens is 779 g/mol. The third-order valence-corrected chi connectivity index (χ3v) is 14.1. The first kappa shape index (κ1) is 41.0. The molecule has 0 bridgehead atoms. The highest BCUT2D eigenvalue weighted by molar-refractivity contribution is 5.97. The number of rotatable bonds is 8. The second-order valence-electron chi connectivity index (χ2n) is 19.4. The monoisotopic (exact) mass is 833 g/mol. The van der Waals surface area contributed by atoms with E-state index in [1.807, 2.05) is 60.8 Å². The van der Waals surface area contributed by atoms with Gasteiger partial charge in [-0.2, -0.15) is 0 Å². The lowest BCUT2D eigenvalue weighted by Gasteiger charge is -2.44. The van der Waals surface area contributed by atoms with Gasteiger partial charge in [0.1, 0.15) is 11.6 Å². The van der Waals surface area contributed by atoms with Crippen LogP contribution in [0, 0.1) is 0 Å². The van der Waals surface area contributed by atoms with Gasteiger partial charge in [0.2, 0.25) is 0 Å². The van der Waals surface area contributed by atoms with Crippen LogP contribution in [0.1, 0.15) is 77.0 Å². The normalized spacial score (nSPS) is 17.7. The summed E-state index contributed by atoms with van der Waals surface area (Å²) in [6.45, 7) is 11.7. The summed E-state index contributed by atoms with van der Waals surface area (Å²) in [5.41, 5.74) is 15.8. The summed E-state index contributed by atoms with van der Waals surface area (Å²) in [5, 5.41) is 12.2. The fourth-order valence-corrected chi connectivity index (χ4v) is 9.90. The Labute approximate surface area is 378 Å².